The van der Waals surface area contributed by atoms with Gasteiger partial charge in [0.05, 0.1) is 12.7 Å². The van der Waals surface area contributed by atoms with Crippen LogP contribution in [0.3, 0.4) is 0 Å². The highest BCUT2D eigenvalue weighted by atomic mass is 16.5. The summed E-state index contributed by atoms with van der Waals surface area (Å²) in [6, 6.07) is 4.90. The minimum Gasteiger partial charge on any atom is -0.490 e. The molecule has 0 spiro atoms. The van der Waals surface area contributed by atoms with E-state index in [1.165, 1.54) is 0 Å². The van der Waals surface area contributed by atoms with Crippen LogP contribution in [0.25, 0.3) is 0 Å². The molecule has 1 aromatic carbocycles. The number of benzene rings is 1. The van der Waals surface area contributed by atoms with Gasteiger partial charge in [-0.25, -0.2) is 4.79 Å². The maximum Gasteiger partial charge on any atom is 0.341 e. The molecule has 5 heteroatoms. The highest BCUT2D eigenvalue weighted by Crippen LogP contribution is 2.24. The van der Waals surface area contributed by atoms with Crippen molar-refractivity contribution in [3.8, 4) is 5.75 Å². The monoisotopic (exact) mass is 267 g/mol. The Morgan fingerprint density at radius 3 is 2.79 bits per heavy atom. The zero-order valence-corrected chi connectivity index (χ0v) is 11.6. The number of methoxy groups -OCH3 is 1. The van der Waals surface area contributed by atoms with Crippen LogP contribution in [0.15, 0.2) is 18.2 Å². The summed E-state index contributed by atoms with van der Waals surface area (Å²) in [5.74, 6) is 0.0403. The fourth-order valence-electron chi connectivity index (χ4n) is 1.57. The van der Waals surface area contributed by atoms with Gasteiger partial charge in [-0.1, -0.05) is 0 Å². The highest BCUT2D eigenvalue weighted by molar-refractivity contribution is 5.93. The van der Waals surface area contributed by atoms with Crippen LogP contribution >= 0.6 is 0 Å². The smallest absolute Gasteiger partial charge is 0.341 e. The van der Waals surface area contributed by atoms with Crippen LogP contribution in [0.1, 0.15) is 30.6 Å². The van der Waals surface area contributed by atoms with Gasteiger partial charge >= 0.3 is 5.97 Å². The maximum absolute atomic E-state index is 11.8. The van der Waals surface area contributed by atoms with Gasteiger partial charge in [-0.15, -0.1) is 0 Å². The first-order valence-corrected chi connectivity index (χ1v) is 6.30. The summed E-state index contributed by atoms with van der Waals surface area (Å²) in [6.45, 7) is 4.59. The van der Waals surface area contributed by atoms with Gasteiger partial charge < -0.3 is 19.9 Å². The van der Waals surface area contributed by atoms with E-state index in [2.05, 4.69) is 0 Å². The van der Waals surface area contributed by atoms with E-state index >= 15 is 0 Å². The predicted molar refractivity (Wildman–Crippen MR) is 73.4 cm³/mol. The number of anilines is 1. The molecule has 2 N–H and O–H groups in total. The highest BCUT2D eigenvalue weighted by Gasteiger charge is 2.16. The second kappa shape index (κ2) is 7.63. The second-order valence-corrected chi connectivity index (χ2v) is 4.19. The summed E-state index contributed by atoms with van der Waals surface area (Å²) in [4.78, 5) is 11.8. The van der Waals surface area contributed by atoms with Gasteiger partial charge in [0.2, 0.25) is 0 Å². The van der Waals surface area contributed by atoms with Crippen LogP contribution in [0.4, 0.5) is 5.69 Å². The van der Waals surface area contributed by atoms with Gasteiger partial charge in [0, 0.05) is 31.9 Å². The average Bonchev–Trinajstić information content (AvgIpc) is 2.36. The van der Waals surface area contributed by atoms with Crippen molar-refractivity contribution >= 4 is 11.7 Å². The standard InChI is InChI=1S/C14H21NO4/c1-4-18-14(16)12-6-5-11(15)9-13(12)19-10(2)7-8-17-3/h5-6,9-10H,4,7-8,15H2,1-3H3. The number of hydrogen-bond acceptors (Lipinski definition) is 5. The largest absolute Gasteiger partial charge is 0.490 e. The molecule has 106 valence electrons. The first-order chi connectivity index (χ1) is 9.08. The summed E-state index contributed by atoms with van der Waals surface area (Å²) in [6.07, 6.45) is 0.656. The lowest BCUT2D eigenvalue weighted by Crippen LogP contribution is -2.17. The van der Waals surface area contributed by atoms with Gasteiger partial charge in [0.25, 0.3) is 0 Å². The Kier molecular flexibility index (Phi) is 6.15. The van der Waals surface area contributed by atoms with Crippen molar-refractivity contribution in [1.29, 1.82) is 0 Å². The number of carbonyl (C=O) groups excluding carboxylic acids is 1. The molecule has 0 aliphatic heterocycles. The quantitative estimate of drug-likeness (QED) is 0.606. The van der Waals surface area contributed by atoms with E-state index < -0.39 is 5.97 Å². The zero-order valence-electron chi connectivity index (χ0n) is 11.6. The van der Waals surface area contributed by atoms with E-state index in [1.807, 2.05) is 6.92 Å². The number of hydrogen-bond donors (Lipinski definition) is 1. The van der Waals surface area contributed by atoms with Crippen molar-refractivity contribution < 1.29 is 19.0 Å². The molecule has 0 amide bonds. The van der Waals surface area contributed by atoms with Crippen molar-refractivity contribution in [2.24, 2.45) is 0 Å². The molecule has 0 fully saturated rings. The van der Waals surface area contributed by atoms with Crippen LogP contribution in [-0.4, -0.2) is 32.4 Å². The maximum atomic E-state index is 11.8. The third-order valence-corrected chi connectivity index (χ3v) is 2.56. The van der Waals surface area contributed by atoms with Crippen molar-refractivity contribution in [3.05, 3.63) is 23.8 Å². The Hall–Kier alpha value is -1.75. The first-order valence-electron chi connectivity index (χ1n) is 6.30. The van der Waals surface area contributed by atoms with Crippen LogP contribution in [0, 0.1) is 0 Å². The van der Waals surface area contributed by atoms with Crippen molar-refractivity contribution in [2.45, 2.75) is 26.4 Å². The average molecular weight is 267 g/mol. The number of ether oxygens (including phenoxy) is 3. The Balaban J connectivity index is 2.84. The fourth-order valence-corrected chi connectivity index (χ4v) is 1.57. The zero-order chi connectivity index (χ0) is 14.3. The van der Waals surface area contributed by atoms with Gasteiger partial charge in [0.1, 0.15) is 11.3 Å². The number of nitrogen functional groups attached to an aromatic ring is 1. The predicted octanol–water partition coefficient (Wildman–Crippen LogP) is 2.25. The summed E-state index contributed by atoms with van der Waals surface area (Å²) in [5, 5.41) is 0. The topological polar surface area (TPSA) is 70.8 Å². The fraction of sp³-hybridized carbons (Fsp3) is 0.500. The SMILES string of the molecule is CCOC(=O)c1ccc(N)cc1OC(C)CCOC. The lowest BCUT2D eigenvalue weighted by Gasteiger charge is -2.17. The van der Waals surface area contributed by atoms with E-state index in [0.717, 1.165) is 6.42 Å². The molecule has 0 saturated carbocycles. The molecule has 1 atom stereocenters. The van der Waals surface area contributed by atoms with Crippen LogP contribution in [-0.2, 0) is 9.47 Å². The molecule has 0 heterocycles. The molecule has 0 aliphatic rings. The molecule has 0 aromatic heterocycles. The van der Waals surface area contributed by atoms with Gasteiger partial charge in [-0.05, 0) is 26.0 Å². The van der Waals surface area contributed by atoms with Gasteiger partial charge in [-0.2, -0.15) is 0 Å². The minimum absolute atomic E-state index is 0.0741. The second-order valence-electron chi connectivity index (χ2n) is 4.19. The lowest BCUT2D eigenvalue weighted by molar-refractivity contribution is 0.0518. The summed E-state index contributed by atoms with van der Waals surface area (Å²) >= 11 is 0. The molecule has 0 saturated heterocycles. The van der Waals surface area contributed by atoms with Crippen LogP contribution in [0.2, 0.25) is 0 Å². The normalized spacial score (nSPS) is 11.9. The van der Waals surface area contributed by atoms with E-state index in [0.29, 0.717) is 30.2 Å². The molecular formula is C14H21NO4. The van der Waals surface area contributed by atoms with Crippen molar-refractivity contribution in [3.63, 3.8) is 0 Å². The third kappa shape index (κ3) is 4.79. The number of rotatable bonds is 7. The summed E-state index contributed by atoms with van der Waals surface area (Å²) < 4.78 is 15.7. The molecule has 1 unspecified atom stereocenters. The van der Waals surface area contributed by atoms with Gasteiger partial charge in [0.15, 0.2) is 0 Å². The molecule has 0 aliphatic carbocycles. The number of carbonyl (C=O) groups is 1. The van der Waals surface area contributed by atoms with E-state index in [-0.39, 0.29) is 6.10 Å². The third-order valence-electron chi connectivity index (χ3n) is 2.56. The van der Waals surface area contributed by atoms with Gasteiger partial charge in [-0.3, -0.25) is 0 Å². The lowest BCUT2D eigenvalue weighted by atomic mass is 10.1. The van der Waals surface area contributed by atoms with Crippen molar-refractivity contribution in [1.82, 2.24) is 0 Å². The van der Waals surface area contributed by atoms with E-state index in [4.69, 9.17) is 19.9 Å². The molecule has 0 bridgehead atoms. The molecular weight excluding hydrogens is 246 g/mol. The minimum atomic E-state index is -0.406. The van der Waals surface area contributed by atoms with E-state index in [1.54, 1.807) is 32.2 Å². The number of nitrogens with two attached hydrogens (primary N) is 1. The van der Waals surface area contributed by atoms with Crippen LogP contribution in [0.5, 0.6) is 5.75 Å². The Morgan fingerprint density at radius 1 is 1.42 bits per heavy atom. The molecule has 19 heavy (non-hydrogen) atoms. The molecule has 5 nitrogen and oxygen atoms in total. The summed E-state index contributed by atoms with van der Waals surface area (Å²) in [5.41, 5.74) is 6.65. The first kappa shape index (κ1) is 15.3. The van der Waals surface area contributed by atoms with E-state index in [9.17, 15) is 4.79 Å². The Labute approximate surface area is 113 Å². The molecule has 1 rings (SSSR count). The van der Waals surface area contributed by atoms with Crippen molar-refractivity contribution in [2.75, 3.05) is 26.1 Å². The Morgan fingerprint density at radius 2 is 2.16 bits per heavy atom. The Bertz CT molecular complexity index is 420. The summed E-state index contributed by atoms with van der Waals surface area (Å²) in [7, 11) is 1.64. The van der Waals surface area contributed by atoms with Crippen LogP contribution < -0.4 is 10.5 Å². The molecule has 1 aromatic rings. The number of esters is 1. The molecule has 0 radical (unpaired) electrons.